The molecule has 0 aliphatic rings. The Morgan fingerprint density at radius 1 is 0.182 bits per heavy atom. The van der Waals surface area contributed by atoms with Gasteiger partial charge in [0.25, 0.3) is 0 Å². The molecule has 148 heavy (non-hydrogen) atoms. The number of hydrogen-bond acceptors (Lipinski definition) is 3. The van der Waals surface area contributed by atoms with Gasteiger partial charge in [-0.3, -0.25) is 15.0 Å². The fraction of sp³-hybridized carbons (Fsp3) is 0.115. The van der Waals surface area contributed by atoms with Crippen LogP contribution in [0.25, 0.3) is 227 Å². The van der Waals surface area contributed by atoms with E-state index in [1.54, 1.807) is 0 Å². The number of imidazole rings is 3. The third kappa shape index (κ3) is 18.8. The Bertz CT molecular complexity index is 9160. The van der Waals surface area contributed by atoms with Gasteiger partial charge in [-0.25, -0.2) is 0 Å². The molecule has 0 saturated carbocycles. The van der Waals surface area contributed by atoms with Gasteiger partial charge in [-0.05, 0) is 333 Å². The van der Waals surface area contributed by atoms with Gasteiger partial charge in [-0.15, -0.1) is 66.0 Å². The molecule has 9 heteroatoms. The number of aryl methyl sites for hydroxylation is 16. The average Bonchev–Trinajstić information content (AvgIpc) is 1.49. The van der Waals surface area contributed by atoms with Crippen LogP contribution in [-0.4, -0.2) is 28.2 Å². The fourth-order valence-corrected chi connectivity index (χ4v) is 22.5. The SMILES string of the molecule is Cc1ccc(-c2cc(-c3ccc(C)cc3)cc(-c3cc[c-]c4c3c3ccccc3n3c(-c5c(C)cc(C)cc5C)cnc43)c2)cc1.Cc1ccc(-c2cc(-c3ccc(C)cc3)cc(-c3ccc4c(c3)c3c(-c5ccc(C)cc5)cc[c-]c3c3ncc(-c5c(C)cc(C)cc5C)n43)c2)cc1.Cc1ccc(-c2cc(-c3ccc(C)cc3)cc(-c3ccc4c(c3)c3ccc[c-]c3c3ncc(-c5c(C)cc(C)cc5C)n43)c2)cc1.[Ir].[Ir].[Ir]. The van der Waals surface area contributed by atoms with E-state index in [0.717, 1.165) is 72.1 Å². The van der Waals surface area contributed by atoms with Crippen LogP contribution < -0.4 is 0 Å². The summed E-state index contributed by atoms with van der Waals surface area (Å²) in [4.78, 5) is 15.2. The topological polar surface area (TPSA) is 51.9 Å². The zero-order chi connectivity index (χ0) is 99.4. The largest absolute Gasteiger partial charge is 0.333 e. The van der Waals surface area contributed by atoms with Crippen molar-refractivity contribution in [1.29, 1.82) is 0 Å². The normalized spacial score (nSPS) is 11.4. The first kappa shape index (κ1) is 100. The zero-order valence-electron chi connectivity index (χ0n) is 86.1. The van der Waals surface area contributed by atoms with Crippen molar-refractivity contribution >= 4 is 82.0 Å². The maximum Gasteiger partial charge on any atom is 0.0639 e. The molecule has 0 atom stereocenters. The van der Waals surface area contributed by atoms with Crippen molar-refractivity contribution in [2.45, 2.75) is 111 Å². The summed E-state index contributed by atoms with van der Waals surface area (Å²) in [7, 11) is 0. The van der Waals surface area contributed by atoms with Crippen LogP contribution in [0.4, 0.5) is 0 Å². The first-order valence-electron chi connectivity index (χ1n) is 50.4. The molecule has 0 unspecified atom stereocenters. The molecular formula is C139H111Ir3N6-3. The van der Waals surface area contributed by atoms with Gasteiger partial charge < -0.3 is 13.2 Å². The molecule has 0 bridgehead atoms. The standard InChI is InChI=1S/C51H41N2.2C44H35N2.3Ir/c1-31-10-16-37(17-11-31)41-26-42(38-18-12-32(2)13-19-38)28-43(27-41)40-22-23-47-46(29-40)50-44(39-20-14-33(3)15-21-39)8-7-9-45(50)51-52-30-48(53(47)51)49-35(5)24-34(4)25-36(49)6;1-27-13-17-32(18-14-27)34-23-35(33-19-15-28(2)16-20-33)25-36(24-34)37-10-8-11-39-43(37)38-9-6-7-12-40(38)46-41(26-45-44(39)46)42-30(4)21-29(3)22-31(42)5;1-27-10-14-32(15-11-27)35-22-36(33-16-12-28(2)13-17-33)24-37(23-35)34-18-19-41-40(25-34)38-8-6-7-9-39(38)44-45-26-42(46(41)44)43-30(4)20-29(3)21-31(43)5;;;/h7-8,10-30H,1-6H3;6-10,12-26H,1-5H3;6-8,10-26H,1-5H3;;;/q3*-1;;;. The molecule has 0 N–H and O–H groups in total. The average molecular weight is 2440 g/mol. The second kappa shape index (κ2) is 41.2. The maximum atomic E-state index is 5.14. The summed E-state index contributed by atoms with van der Waals surface area (Å²) in [5, 5.41) is 10.2. The Balaban J connectivity index is 0.000000134. The molecule has 6 heterocycles. The summed E-state index contributed by atoms with van der Waals surface area (Å²) in [5.74, 6) is 0. The summed E-state index contributed by atoms with van der Waals surface area (Å²) in [6.45, 7) is 34.7. The minimum absolute atomic E-state index is 0. The molecule has 6 aromatic heterocycles. The van der Waals surface area contributed by atoms with Crippen molar-refractivity contribution in [3.05, 3.63) is 490 Å². The van der Waals surface area contributed by atoms with Gasteiger partial charge >= 0.3 is 0 Å². The van der Waals surface area contributed by atoms with Gasteiger partial charge in [-0.1, -0.05) is 342 Å². The Labute approximate surface area is 908 Å². The third-order valence-corrected chi connectivity index (χ3v) is 29.5. The first-order chi connectivity index (χ1) is 70.4. The van der Waals surface area contributed by atoms with Gasteiger partial charge in [0.2, 0.25) is 0 Å². The van der Waals surface area contributed by atoms with Crippen LogP contribution >= 0.6 is 0 Å². The van der Waals surface area contributed by atoms with Gasteiger partial charge in [-0.2, -0.15) is 0 Å². The maximum absolute atomic E-state index is 5.14. The van der Waals surface area contributed by atoms with Crippen LogP contribution in [0.15, 0.2) is 383 Å². The van der Waals surface area contributed by atoms with Crippen LogP contribution in [0.5, 0.6) is 0 Å². The smallest absolute Gasteiger partial charge is 0.0639 e. The Morgan fingerprint density at radius 2 is 0.432 bits per heavy atom. The fourth-order valence-electron chi connectivity index (χ4n) is 22.5. The number of hydrogen-bond donors (Lipinski definition) is 0. The van der Waals surface area contributed by atoms with E-state index in [1.807, 2.05) is 18.5 Å². The van der Waals surface area contributed by atoms with E-state index < -0.39 is 0 Å². The monoisotopic (exact) mass is 2440 g/mol. The van der Waals surface area contributed by atoms with E-state index in [4.69, 9.17) is 15.0 Å². The molecule has 0 amide bonds. The molecule has 25 aromatic rings. The van der Waals surface area contributed by atoms with Crippen molar-refractivity contribution in [1.82, 2.24) is 28.2 Å². The molecular weight excluding hydrogens is 2330 g/mol. The number of nitrogens with zero attached hydrogens (tertiary/aromatic N) is 6. The Kier molecular flexibility index (Phi) is 27.9. The van der Waals surface area contributed by atoms with Crippen molar-refractivity contribution in [3.63, 3.8) is 0 Å². The van der Waals surface area contributed by atoms with Crippen LogP contribution in [0, 0.1) is 129 Å². The number of pyridine rings is 3. The van der Waals surface area contributed by atoms with Crippen molar-refractivity contribution in [2.75, 3.05) is 0 Å². The number of fused-ring (bicyclic) bond motifs is 18. The molecule has 19 aromatic carbocycles. The van der Waals surface area contributed by atoms with Gasteiger partial charge in [0.05, 0.1) is 34.0 Å². The van der Waals surface area contributed by atoms with Crippen molar-refractivity contribution < 1.29 is 60.3 Å². The summed E-state index contributed by atoms with van der Waals surface area (Å²) >= 11 is 0. The molecule has 0 saturated heterocycles. The van der Waals surface area contributed by atoms with Crippen LogP contribution in [0.1, 0.15) is 89.0 Å². The van der Waals surface area contributed by atoms with E-state index >= 15 is 0 Å². The van der Waals surface area contributed by atoms with Gasteiger partial charge in [0.1, 0.15) is 0 Å². The Morgan fingerprint density at radius 3 is 0.770 bits per heavy atom. The minimum Gasteiger partial charge on any atom is -0.333 e. The summed E-state index contributed by atoms with van der Waals surface area (Å²) in [5.41, 5.74) is 57.4. The summed E-state index contributed by atoms with van der Waals surface area (Å²) in [6, 6.07) is 145. The molecule has 3 radical (unpaired) electrons. The molecule has 727 valence electrons. The summed E-state index contributed by atoms with van der Waals surface area (Å²) < 4.78 is 7.04. The quantitative estimate of drug-likeness (QED) is 0.0854. The number of para-hydroxylation sites is 1. The van der Waals surface area contributed by atoms with Crippen molar-refractivity contribution in [2.24, 2.45) is 0 Å². The predicted molar refractivity (Wildman–Crippen MR) is 614 cm³/mol. The minimum atomic E-state index is 0. The molecule has 6 nitrogen and oxygen atoms in total. The zero-order valence-corrected chi connectivity index (χ0v) is 93.2. The second-order valence-corrected chi connectivity index (χ2v) is 40.4. The van der Waals surface area contributed by atoms with E-state index in [-0.39, 0.29) is 60.3 Å². The molecule has 0 aliphatic heterocycles. The number of aromatic nitrogens is 6. The van der Waals surface area contributed by atoms with Crippen molar-refractivity contribution in [3.8, 4) is 145 Å². The van der Waals surface area contributed by atoms with Crippen LogP contribution in [0.3, 0.4) is 0 Å². The van der Waals surface area contributed by atoms with E-state index in [9.17, 15) is 0 Å². The molecule has 0 spiro atoms. The first-order valence-corrected chi connectivity index (χ1v) is 50.4. The van der Waals surface area contributed by atoms with E-state index in [0.29, 0.717) is 0 Å². The Hall–Kier alpha value is -15.2. The number of rotatable bonds is 13. The third-order valence-electron chi connectivity index (χ3n) is 29.5. The molecule has 0 aliphatic carbocycles. The second-order valence-electron chi connectivity index (χ2n) is 40.4. The molecule has 0 fully saturated rings. The van der Waals surface area contributed by atoms with E-state index in [1.165, 1.54) is 244 Å². The predicted octanol–water partition coefficient (Wildman–Crippen LogP) is 36.9. The molecule has 25 rings (SSSR count). The van der Waals surface area contributed by atoms with E-state index in [2.05, 4.69) is 506 Å². The van der Waals surface area contributed by atoms with Crippen LogP contribution in [-0.2, 0) is 60.3 Å². The van der Waals surface area contributed by atoms with Gasteiger partial charge in [0, 0.05) is 112 Å². The summed E-state index contributed by atoms with van der Waals surface area (Å²) in [6.07, 6.45) is 6.13. The number of benzene rings is 19. The van der Waals surface area contributed by atoms with Gasteiger partial charge in [0.15, 0.2) is 0 Å². The van der Waals surface area contributed by atoms with Crippen LogP contribution in [0.2, 0.25) is 0 Å².